The van der Waals surface area contributed by atoms with Crippen molar-refractivity contribution in [2.75, 3.05) is 13.2 Å². The van der Waals surface area contributed by atoms with E-state index in [1.165, 1.54) is 11.0 Å². The molecule has 3 rings (SSSR count). The monoisotopic (exact) mass is 350 g/mol. The summed E-state index contributed by atoms with van der Waals surface area (Å²) in [6, 6.07) is 1.74. The maximum atomic E-state index is 14.2. The highest BCUT2D eigenvalue weighted by atomic mass is 19.1. The lowest BCUT2D eigenvalue weighted by Gasteiger charge is -2.35. The zero-order chi connectivity index (χ0) is 18.1. The zero-order valence-electron chi connectivity index (χ0n) is 14.1. The molecule has 0 radical (unpaired) electrons. The van der Waals surface area contributed by atoms with Crippen LogP contribution in [0, 0.1) is 17.6 Å². The molecule has 0 unspecified atom stereocenters. The molecule has 1 heterocycles. The standard InChI is InChI=1S/C18H20F2N2O3/c1-3-25-17(23)14-10(2)22(9-11-7-8-11)18(24)21-16(14)15-12(19)5-4-6-13(15)20/h4-6,11,16H,3,7-9H2,1-2H3,(H,21,24)/t16-/m0/s1. The van der Waals surface area contributed by atoms with Gasteiger partial charge in [-0.05, 0) is 44.7 Å². The van der Waals surface area contributed by atoms with Crippen LogP contribution in [0.2, 0.25) is 0 Å². The summed E-state index contributed by atoms with van der Waals surface area (Å²) in [5.41, 5.74) is 0.0807. The van der Waals surface area contributed by atoms with Gasteiger partial charge in [-0.15, -0.1) is 0 Å². The third kappa shape index (κ3) is 3.36. The third-order valence-corrected chi connectivity index (χ3v) is 4.52. The van der Waals surface area contributed by atoms with Gasteiger partial charge in [-0.3, -0.25) is 4.90 Å². The molecule has 0 bridgehead atoms. The lowest BCUT2D eigenvalue weighted by molar-refractivity contribution is -0.139. The van der Waals surface area contributed by atoms with Crippen molar-refractivity contribution in [1.29, 1.82) is 0 Å². The first-order valence-electron chi connectivity index (χ1n) is 8.33. The van der Waals surface area contributed by atoms with E-state index in [0.717, 1.165) is 25.0 Å². The minimum Gasteiger partial charge on any atom is -0.463 e. The van der Waals surface area contributed by atoms with E-state index >= 15 is 0 Å². The largest absolute Gasteiger partial charge is 0.463 e. The first-order valence-corrected chi connectivity index (χ1v) is 8.33. The van der Waals surface area contributed by atoms with Crippen LogP contribution in [0.3, 0.4) is 0 Å². The minimum absolute atomic E-state index is 0.0612. The second kappa shape index (κ2) is 6.82. The fourth-order valence-electron chi connectivity index (χ4n) is 3.04. The summed E-state index contributed by atoms with van der Waals surface area (Å²) < 4.78 is 33.6. The summed E-state index contributed by atoms with van der Waals surface area (Å²) in [5, 5.41) is 2.57. The molecule has 1 atom stereocenters. The molecule has 5 nitrogen and oxygen atoms in total. The molecule has 1 saturated carbocycles. The molecule has 1 aliphatic carbocycles. The van der Waals surface area contributed by atoms with Crippen molar-refractivity contribution in [3.8, 4) is 0 Å². The summed E-state index contributed by atoms with van der Waals surface area (Å²) >= 11 is 0. The van der Waals surface area contributed by atoms with E-state index in [4.69, 9.17) is 4.74 Å². The number of rotatable bonds is 5. The Balaban J connectivity index is 2.08. The summed E-state index contributed by atoms with van der Waals surface area (Å²) in [4.78, 5) is 26.4. The fraction of sp³-hybridized carbons (Fsp3) is 0.444. The number of ether oxygens (including phenoxy) is 1. The molecule has 1 aromatic carbocycles. The topological polar surface area (TPSA) is 58.6 Å². The molecule has 0 aromatic heterocycles. The summed E-state index contributed by atoms with van der Waals surface area (Å²) in [7, 11) is 0. The van der Waals surface area contributed by atoms with E-state index in [9.17, 15) is 18.4 Å². The van der Waals surface area contributed by atoms with Gasteiger partial charge >= 0.3 is 12.0 Å². The van der Waals surface area contributed by atoms with E-state index in [1.807, 2.05) is 0 Å². The minimum atomic E-state index is -1.22. The number of allylic oxidation sites excluding steroid dienone is 1. The summed E-state index contributed by atoms with van der Waals surface area (Å²) in [6.45, 7) is 3.86. The maximum Gasteiger partial charge on any atom is 0.338 e. The van der Waals surface area contributed by atoms with Crippen molar-refractivity contribution in [2.24, 2.45) is 5.92 Å². The van der Waals surface area contributed by atoms with Gasteiger partial charge in [-0.25, -0.2) is 18.4 Å². The Morgan fingerprint density at radius 2 is 1.96 bits per heavy atom. The lowest BCUT2D eigenvalue weighted by atomic mass is 9.94. The van der Waals surface area contributed by atoms with Crippen LogP contribution in [0.25, 0.3) is 0 Å². The Bertz CT molecular complexity index is 724. The van der Waals surface area contributed by atoms with Crippen molar-refractivity contribution in [1.82, 2.24) is 10.2 Å². The molecule has 1 N–H and O–H groups in total. The van der Waals surface area contributed by atoms with Crippen LogP contribution in [0.1, 0.15) is 38.3 Å². The number of nitrogens with zero attached hydrogens (tertiary/aromatic N) is 1. The quantitative estimate of drug-likeness (QED) is 0.829. The third-order valence-electron chi connectivity index (χ3n) is 4.52. The highest BCUT2D eigenvalue weighted by molar-refractivity contribution is 5.95. The van der Waals surface area contributed by atoms with Crippen LogP contribution >= 0.6 is 0 Å². The second-order valence-electron chi connectivity index (χ2n) is 6.29. The maximum absolute atomic E-state index is 14.2. The predicted octanol–water partition coefficient (Wildman–Crippen LogP) is 3.28. The molecule has 1 aliphatic heterocycles. The highest BCUT2D eigenvalue weighted by Crippen LogP contribution is 2.37. The van der Waals surface area contributed by atoms with Gasteiger partial charge in [0.2, 0.25) is 0 Å². The van der Waals surface area contributed by atoms with Crippen LogP contribution in [0.4, 0.5) is 13.6 Å². The lowest BCUT2D eigenvalue weighted by Crippen LogP contribution is -2.49. The predicted molar refractivity (Wildman–Crippen MR) is 86.4 cm³/mol. The van der Waals surface area contributed by atoms with E-state index in [1.54, 1.807) is 13.8 Å². The van der Waals surface area contributed by atoms with Gasteiger partial charge in [0.15, 0.2) is 0 Å². The number of urea groups is 1. The molecule has 2 amide bonds. The smallest absolute Gasteiger partial charge is 0.338 e. The number of hydrogen-bond acceptors (Lipinski definition) is 3. The average Bonchev–Trinajstić information content (AvgIpc) is 3.35. The summed E-state index contributed by atoms with van der Waals surface area (Å²) in [5.74, 6) is -1.94. The van der Waals surface area contributed by atoms with Gasteiger partial charge in [0.25, 0.3) is 0 Å². The Kier molecular flexibility index (Phi) is 4.74. The average molecular weight is 350 g/mol. The van der Waals surface area contributed by atoms with Gasteiger partial charge in [0.1, 0.15) is 11.6 Å². The molecule has 1 aromatic rings. The van der Waals surface area contributed by atoms with Crippen LogP contribution in [0.15, 0.2) is 29.5 Å². The Hall–Kier alpha value is -2.44. The molecular formula is C18H20F2N2O3. The zero-order valence-corrected chi connectivity index (χ0v) is 14.1. The Labute approximate surface area is 144 Å². The molecule has 0 saturated heterocycles. The van der Waals surface area contributed by atoms with Crippen LogP contribution in [-0.4, -0.2) is 30.1 Å². The van der Waals surface area contributed by atoms with Crippen LogP contribution in [0.5, 0.6) is 0 Å². The van der Waals surface area contributed by atoms with Crippen molar-refractivity contribution in [3.05, 3.63) is 46.7 Å². The van der Waals surface area contributed by atoms with E-state index in [2.05, 4.69) is 5.32 Å². The first-order chi connectivity index (χ1) is 11.9. The molecule has 134 valence electrons. The number of amides is 2. The van der Waals surface area contributed by atoms with Gasteiger partial charge in [0, 0.05) is 12.2 Å². The highest BCUT2D eigenvalue weighted by Gasteiger charge is 2.40. The van der Waals surface area contributed by atoms with Crippen molar-refractivity contribution < 1.29 is 23.1 Å². The SMILES string of the molecule is CCOC(=O)C1=C(C)N(CC2CC2)C(=O)N[C@@H]1c1c(F)cccc1F. The number of nitrogens with one attached hydrogen (secondary N) is 1. The number of carbonyl (C=O) groups excluding carboxylic acids is 2. The van der Waals surface area contributed by atoms with E-state index in [-0.39, 0.29) is 17.7 Å². The fourth-order valence-corrected chi connectivity index (χ4v) is 3.04. The first kappa shape index (κ1) is 17.4. The number of esters is 1. The van der Waals surface area contributed by atoms with Crippen molar-refractivity contribution >= 4 is 12.0 Å². The van der Waals surface area contributed by atoms with Gasteiger partial charge < -0.3 is 10.1 Å². The Morgan fingerprint density at radius 3 is 2.52 bits per heavy atom. The molecule has 25 heavy (non-hydrogen) atoms. The molecule has 7 heteroatoms. The van der Waals surface area contributed by atoms with E-state index < -0.39 is 29.7 Å². The number of halogens is 2. The van der Waals surface area contributed by atoms with Gasteiger partial charge in [-0.2, -0.15) is 0 Å². The van der Waals surface area contributed by atoms with Crippen molar-refractivity contribution in [2.45, 2.75) is 32.7 Å². The van der Waals surface area contributed by atoms with Gasteiger partial charge in [0.05, 0.1) is 23.8 Å². The molecule has 1 fully saturated rings. The van der Waals surface area contributed by atoms with Gasteiger partial charge in [-0.1, -0.05) is 6.07 Å². The van der Waals surface area contributed by atoms with E-state index in [0.29, 0.717) is 18.2 Å². The molecule has 0 spiro atoms. The van der Waals surface area contributed by atoms with Crippen LogP contribution in [-0.2, 0) is 9.53 Å². The normalized spacial score (nSPS) is 20.6. The number of benzene rings is 1. The van der Waals surface area contributed by atoms with Crippen LogP contribution < -0.4 is 5.32 Å². The second-order valence-corrected chi connectivity index (χ2v) is 6.29. The number of hydrogen-bond donors (Lipinski definition) is 1. The van der Waals surface area contributed by atoms with Crippen molar-refractivity contribution in [3.63, 3.8) is 0 Å². The molecule has 2 aliphatic rings. The Morgan fingerprint density at radius 1 is 1.32 bits per heavy atom. The molecular weight excluding hydrogens is 330 g/mol. The number of carbonyl (C=O) groups is 2. The summed E-state index contributed by atoms with van der Waals surface area (Å²) in [6.07, 6.45) is 2.05.